The number of halogens is 1. The van der Waals surface area contributed by atoms with Crippen LogP contribution in [0.15, 0.2) is 18.3 Å². The number of carbonyl (C=O) groups is 1. The molecule has 0 fully saturated rings. The second-order valence-electron chi connectivity index (χ2n) is 4.93. The van der Waals surface area contributed by atoms with Crippen LogP contribution in [0.3, 0.4) is 0 Å². The molecule has 0 spiro atoms. The predicted molar refractivity (Wildman–Crippen MR) is 65.7 cm³/mol. The quantitative estimate of drug-likeness (QED) is 0.826. The molecule has 0 aliphatic heterocycles. The second-order valence-corrected chi connectivity index (χ2v) is 5.32. The molecule has 1 aromatic rings. The largest absolute Gasteiger partial charge is 0.352 e. The van der Waals surface area contributed by atoms with Crippen molar-refractivity contribution in [2.75, 3.05) is 6.54 Å². The van der Waals surface area contributed by atoms with Gasteiger partial charge in [0.25, 0.3) is 5.91 Å². The molecule has 3 nitrogen and oxygen atoms in total. The summed E-state index contributed by atoms with van der Waals surface area (Å²) >= 11 is 5.70. The Morgan fingerprint density at radius 3 is 2.75 bits per heavy atom. The number of nitrogens with one attached hydrogen (secondary N) is 1. The Bertz CT molecular complexity index is 372. The maximum absolute atomic E-state index is 11.7. The highest BCUT2D eigenvalue weighted by Gasteiger charge is 2.11. The van der Waals surface area contributed by atoms with E-state index in [4.69, 9.17) is 11.6 Å². The molecule has 1 N–H and O–H groups in total. The molecule has 0 aliphatic carbocycles. The van der Waals surface area contributed by atoms with E-state index >= 15 is 0 Å². The first-order chi connectivity index (χ1) is 7.38. The molecule has 0 radical (unpaired) electrons. The van der Waals surface area contributed by atoms with Gasteiger partial charge < -0.3 is 5.32 Å². The van der Waals surface area contributed by atoms with E-state index in [1.165, 1.54) is 6.20 Å². The van der Waals surface area contributed by atoms with Crippen LogP contribution in [0.4, 0.5) is 0 Å². The van der Waals surface area contributed by atoms with Gasteiger partial charge in [-0.3, -0.25) is 4.79 Å². The molecule has 0 aliphatic rings. The SMILES string of the molecule is CC(C)(C)CCNC(=O)c1ccnc(Cl)c1. The third-order valence-corrected chi connectivity index (χ3v) is 2.36. The van der Waals surface area contributed by atoms with Gasteiger partial charge in [0.05, 0.1) is 0 Å². The highest BCUT2D eigenvalue weighted by Crippen LogP contribution is 2.17. The van der Waals surface area contributed by atoms with Crippen molar-refractivity contribution in [3.63, 3.8) is 0 Å². The lowest BCUT2D eigenvalue weighted by molar-refractivity contribution is 0.0949. The van der Waals surface area contributed by atoms with Crippen molar-refractivity contribution in [2.24, 2.45) is 5.41 Å². The minimum absolute atomic E-state index is 0.103. The molecule has 16 heavy (non-hydrogen) atoms. The first-order valence-corrected chi connectivity index (χ1v) is 5.66. The van der Waals surface area contributed by atoms with Gasteiger partial charge >= 0.3 is 0 Å². The number of aromatic nitrogens is 1. The lowest BCUT2D eigenvalue weighted by Crippen LogP contribution is -2.27. The van der Waals surface area contributed by atoms with Crippen molar-refractivity contribution in [1.82, 2.24) is 10.3 Å². The Hall–Kier alpha value is -1.09. The van der Waals surface area contributed by atoms with Crippen LogP contribution in [-0.4, -0.2) is 17.4 Å². The van der Waals surface area contributed by atoms with E-state index in [2.05, 4.69) is 31.1 Å². The Morgan fingerprint density at radius 1 is 1.50 bits per heavy atom. The average molecular weight is 241 g/mol. The van der Waals surface area contributed by atoms with Crippen LogP contribution in [0.25, 0.3) is 0 Å². The minimum Gasteiger partial charge on any atom is -0.352 e. The van der Waals surface area contributed by atoms with E-state index in [1.54, 1.807) is 12.1 Å². The van der Waals surface area contributed by atoms with Crippen LogP contribution in [0, 0.1) is 5.41 Å². The maximum atomic E-state index is 11.7. The summed E-state index contributed by atoms with van der Waals surface area (Å²) in [6.45, 7) is 7.09. The monoisotopic (exact) mass is 240 g/mol. The van der Waals surface area contributed by atoms with E-state index in [-0.39, 0.29) is 11.3 Å². The molecule has 0 aromatic carbocycles. The zero-order valence-electron chi connectivity index (χ0n) is 9.88. The molecule has 1 amide bonds. The summed E-state index contributed by atoms with van der Waals surface area (Å²) in [5.74, 6) is -0.103. The topological polar surface area (TPSA) is 42.0 Å². The maximum Gasteiger partial charge on any atom is 0.251 e. The summed E-state index contributed by atoms with van der Waals surface area (Å²) in [4.78, 5) is 15.5. The Morgan fingerprint density at radius 2 is 2.19 bits per heavy atom. The first-order valence-electron chi connectivity index (χ1n) is 5.28. The van der Waals surface area contributed by atoms with Crippen molar-refractivity contribution >= 4 is 17.5 Å². The van der Waals surface area contributed by atoms with E-state index in [0.29, 0.717) is 17.3 Å². The third-order valence-electron chi connectivity index (χ3n) is 2.15. The third kappa shape index (κ3) is 4.62. The Labute approximate surface area is 101 Å². The van der Waals surface area contributed by atoms with Gasteiger partial charge in [-0.2, -0.15) is 0 Å². The minimum atomic E-state index is -0.103. The number of pyridine rings is 1. The van der Waals surface area contributed by atoms with Crippen molar-refractivity contribution in [3.05, 3.63) is 29.0 Å². The summed E-state index contributed by atoms with van der Waals surface area (Å²) in [5, 5.41) is 3.19. The van der Waals surface area contributed by atoms with Gasteiger partial charge in [-0.25, -0.2) is 4.98 Å². The number of amides is 1. The fourth-order valence-electron chi connectivity index (χ4n) is 1.20. The number of carbonyl (C=O) groups excluding carboxylic acids is 1. The Kier molecular flexibility index (Phi) is 4.30. The zero-order chi connectivity index (χ0) is 12.2. The van der Waals surface area contributed by atoms with Crippen molar-refractivity contribution in [1.29, 1.82) is 0 Å². The molecule has 0 saturated carbocycles. The zero-order valence-corrected chi connectivity index (χ0v) is 10.6. The molecular weight excluding hydrogens is 224 g/mol. The Balaban J connectivity index is 2.47. The van der Waals surface area contributed by atoms with Crippen LogP contribution < -0.4 is 5.32 Å². The lowest BCUT2D eigenvalue weighted by Gasteiger charge is -2.17. The number of nitrogens with zero attached hydrogens (tertiary/aromatic N) is 1. The smallest absolute Gasteiger partial charge is 0.251 e. The molecule has 0 atom stereocenters. The lowest BCUT2D eigenvalue weighted by atomic mass is 9.92. The van der Waals surface area contributed by atoms with Crippen LogP contribution in [-0.2, 0) is 0 Å². The molecule has 0 bridgehead atoms. The van der Waals surface area contributed by atoms with E-state index in [0.717, 1.165) is 6.42 Å². The van der Waals surface area contributed by atoms with Gasteiger partial charge in [0.15, 0.2) is 0 Å². The second kappa shape index (κ2) is 5.30. The van der Waals surface area contributed by atoms with Crippen LogP contribution >= 0.6 is 11.6 Å². The van der Waals surface area contributed by atoms with E-state index in [1.807, 2.05) is 0 Å². The van der Waals surface area contributed by atoms with Crippen LogP contribution in [0.5, 0.6) is 0 Å². The summed E-state index contributed by atoms with van der Waals surface area (Å²) in [6, 6.07) is 3.21. The first kappa shape index (κ1) is 13.0. The summed E-state index contributed by atoms with van der Waals surface area (Å²) in [5.41, 5.74) is 0.775. The molecule has 88 valence electrons. The number of hydrogen-bond acceptors (Lipinski definition) is 2. The van der Waals surface area contributed by atoms with Crippen molar-refractivity contribution in [2.45, 2.75) is 27.2 Å². The van der Waals surface area contributed by atoms with Crippen LogP contribution in [0.1, 0.15) is 37.6 Å². The molecular formula is C12H17ClN2O. The van der Waals surface area contributed by atoms with Crippen molar-refractivity contribution < 1.29 is 4.79 Å². The van der Waals surface area contributed by atoms with E-state index in [9.17, 15) is 4.79 Å². The number of hydrogen-bond donors (Lipinski definition) is 1. The van der Waals surface area contributed by atoms with Gasteiger partial charge in [-0.1, -0.05) is 32.4 Å². The molecule has 1 heterocycles. The van der Waals surface area contributed by atoms with Gasteiger partial charge in [-0.05, 0) is 24.0 Å². The number of rotatable bonds is 3. The van der Waals surface area contributed by atoms with Crippen molar-refractivity contribution in [3.8, 4) is 0 Å². The van der Waals surface area contributed by atoms with E-state index < -0.39 is 0 Å². The standard InChI is InChI=1S/C12H17ClN2O/c1-12(2,3)5-7-15-11(16)9-4-6-14-10(13)8-9/h4,6,8H,5,7H2,1-3H3,(H,15,16). The fraction of sp³-hybridized carbons (Fsp3) is 0.500. The summed E-state index contributed by atoms with van der Waals surface area (Å²) in [6.07, 6.45) is 2.47. The van der Waals surface area contributed by atoms with Gasteiger partial charge in [0.2, 0.25) is 0 Å². The van der Waals surface area contributed by atoms with Gasteiger partial charge in [0, 0.05) is 18.3 Å². The van der Waals surface area contributed by atoms with Gasteiger partial charge in [-0.15, -0.1) is 0 Å². The average Bonchev–Trinajstić information content (AvgIpc) is 2.15. The predicted octanol–water partition coefficient (Wildman–Crippen LogP) is 2.90. The molecule has 4 heteroatoms. The van der Waals surface area contributed by atoms with Crippen LogP contribution in [0.2, 0.25) is 5.15 Å². The molecule has 0 unspecified atom stereocenters. The van der Waals surface area contributed by atoms with Gasteiger partial charge in [0.1, 0.15) is 5.15 Å². The molecule has 1 aromatic heterocycles. The molecule has 1 rings (SSSR count). The summed E-state index contributed by atoms with van der Waals surface area (Å²) in [7, 11) is 0. The normalized spacial score (nSPS) is 11.2. The highest BCUT2D eigenvalue weighted by molar-refractivity contribution is 6.29. The molecule has 0 saturated heterocycles. The highest BCUT2D eigenvalue weighted by atomic mass is 35.5. The fourth-order valence-corrected chi connectivity index (χ4v) is 1.37. The summed E-state index contributed by atoms with van der Waals surface area (Å²) < 4.78 is 0.